The van der Waals surface area contributed by atoms with Crippen molar-refractivity contribution in [2.45, 2.75) is 25.9 Å². The van der Waals surface area contributed by atoms with E-state index in [0.29, 0.717) is 6.04 Å². The molecule has 1 saturated heterocycles. The third-order valence-electron chi connectivity index (χ3n) is 3.19. The molecule has 1 aliphatic rings. The van der Waals surface area contributed by atoms with Crippen molar-refractivity contribution in [3.63, 3.8) is 0 Å². The second-order valence-electron chi connectivity index (χ2n) is 4.18. The fourth-order valence-electron chi connectivity index (χ4n) is 2.20. The SMILES string of the molecule is CCN(Cc1ccncc1Cl)C1CCNC1. The average molecular weight is 240 g/mol. The lowest BCUT2D eigenvalue weighted by molar-refractivity contribution is 0.210. The van der Waals surface area contributed by atoms with Gasteiger partial charge in [0.15, 0.2) is 0 Å². The van der Waals surface area contributed by atoms with E-state index in [4.69, 9.17) is 11.6 Å². The summed E-state index contributed by atoms with van der Waals surface area (Å²) < 4.78 is 0. The second kappa shape index (κ2) is 5.62. The van der Waals surface area contributed by atoms with Gasteiger partial charge in [-0.3, -0.25) is 9.88 Å². The van der Waals surface area contributed by atoms with Crippen LogP contribution in [0.2, 0.25) is 5.02 Å². The van der Waals surface area contributed by atoms with Crippen LogP contribution in [0.25, 0.3) is 0 Å². The number of likely N-dealkylation sites (N-methyl/N-ethyl adjacent to an activating group) is 1. The predicted molar refractivity (Wildman–Crippen MR) is 66.6 cm³/mol. The molecule has 1 atom stereocenters. The van der Waals surface area contributed by atoms with E-state index in [1.165, 1.54) is 12.0 Å². The van der Waals surface area contributed by atoms with Crippen LogP contribution in [0.15, 0.2) is 18.5 Å². The first kappa shape index (κ1) is 11.8. The maximum Gasteiger partial charge on any atom is 0.0634 e. The van der Waals surface area contributed by atoms with Crippen LogP contribution >= 0.6 is 11.6 Å². The summed E-state index contributed by atoms with van der Waals surface area (Å²) in [7, 11) is 0. The first-order valence-corrected chi connectivity index (χ1v) is 6.22. The Bertz CT molecular complexity index is 337. The van der Waals surface area contributed by atoms with Crippen LogP contribution in [0.3, 0.4) is 0 Å². The highest BCUT2D eigenvalue weighted by Gasteiger charge is 2.21. The molecule has 16 heavy (non-hydrogen) atoms. The maximum absolute atomic E-state index is 6.13. The molecule has 88 valence electrons. The van der Waals surface area contributed by atoms with E-state index >= 15 is 0 Å². The molecule has 1 unspecified atom stereocenters. The molecule has 1 N–H and O–H groups in total. The van der Waals surface area contributed by atoms with Crippen molar-refractivity contribution in [2.75, 3.05) is 19.6 Å². The average Bonchev–Trinajstić information content (AvgIpc) is 2.81. The normalized spacial score (nSPS) is 20.6. The van der Waals surface area contributed by atoms with E-state index < -0.39 is 0 Å². The first-order valence-electron chi connectivity index (χ1n) is 5.84. The highest BCUT2D eigenvalue weighted by Crippen LogP contribution is 2.18. The van der Waals surface area contributed by atoms with Gasteiger partial charge in [-0.2, -0.15) is 0 Å². The van der Waals surface area contributed by atoms with Crippen molar-refractivity contribution in [2.24, 2.45) is 0 Å². The monoisotopic (exact) mass is 239 g/mol. The van der Waals surface area contributed by atoms with Gasteiger partial charge >= 0.3 is 0 Å². The minimum Gasteiger partial charge on any atom is -0.315 e. The van der Waals surface area contributed by atoms with Crippen LogP contribution in [-0.2, 0) is 6.54 Å². The molecule has 0 saturated carbocycles. The predicted octanol–water partition coefficient (Wildman–Crippen LogP) is 1.92. The van der Waals surface area contributed by atoms with Gasteiger partial charge in [-0.05, 0) is 31.1 Å². The summed E-state index contributed by atoms with van der Waals surface area (Å²) in [5, 5.41) is 4.17. The Labute approximate surface area is 102 Å². The van der Waals surface area contributed by atoms with Gasteiger partial charge in [-0.25, -0.2) is 0 Å². The Morgan fingerprint density at radius 2 is 2.50 bits per heavy atom. The van der Waals surface area contributed by atoms with Crippen LogP contribution < -0.4 is 5.32 Å². The molecule has 0 bridgehead atoms. The Kier molecular flexibility index (Phi) is 4.16. The third kappa shape index (κ3) is 2.73. The summed E-state index contributed by atoms with van der Waals surface area (Å²) in [5.41, 5.74) is 1.17. The molecule has 0 aromatic carbocycles. The number of nitrogens with one attached hydrogen (secondary N) is 1. The maximum atomic E-state index is 6.13. The van der Waals surface area contributed by atoms with Gasteiger partial charge in [0.05, 0.1) is 5.02 Å². The van der Waals surface area contributed by atoms with Gasteiger partial charge in [-0.1, -0.05) is 18.5 Å². The number of hydrogen-bond donors (Lipinski definition) is 1. The zero-order valence-electron chi connectivity index (χ0n) is 9.62. The second-order valence-corrected chi connectivity index (χ2v) is 4.58. The van der Waals surface area contributed by atoms with E-state index in [1.807, 2.05) is 12.3 Å². The molecule has 0 aliphatic carbocycles. The molecule has 3 nitrogen and oxygen atoms in total. The van der Waals surface area contributed by atoms with Crippen molar-refractivity contribution in [1.29, 1.82) is 0 Å². The lowest BCUT2D eigenvalue weighted by atomic mass is 10.2. The fraction of sp³-hybridized carbons (Fsp3) is 0.583. The van der Waals surface area contributed by atoms with E-state index in [2.05, 4.69) is 22.1 Å². The Balaban J connectivity index is 2.03. The van der Waals surface area contributed by atoms with Crippen LogP contribution in [0.5, 0.6) is 0 Å². The number of rotatable bonds is 4. The van der Waals surface area contributed by atoms with Crippen LogP contribution in [0.4, 0.5) is 0 Å². The summed E-state index contributed by atoms with van der Waals surface area (Å²) in [6.45, 7) is 6.41. The summed E-state index contributed by atoms with van der Waals surface area (Å²) in [5.74, 6) is 0. The zero-order valence-corrected chi connectivity index (χ0v) is 10.4. The van der Waals surface area contributed by atoms with Crippen LogP contribution in [0.1, 0.15) is 18.9 Å². The summed E-state index contributed by atoms with van der Waals surface area (Å²) >= 11 is 6.13. The highest BCUT2D eigenvalue weighted by atomic mass is 35.5. The molecular formula is C12H18ClN3. The fourth-order valence-corrected chi connectivity index (χ4v) is 2.38. The Hall–Kier alpha value is -0.640. The van der Waals surface area contributed by atoms with Crippen LogP contribution in [-0.4, -0.2) is 35.6 Å². The minimum absolute atomic E-state index is 0.647. The highest BCUT2D eigenvalue weighted by molar-refractivity contribution is 6.31. The van der Waals surface area contributed by atoms with E-state index in [9.17, 15) is 0 Å². The molecule has 1 aliphatic heterocycles. The molecule has 1 aromatic heterocycles. The summed E-state index contributed by atoms with van der Waals surface area (Å²) in [6.07, 6.45) is 4.76. The van der Waals surface area contributed by atoms with Gasteiger partial charge in [-0.15, -0.1) is 0 Å². The quantitative estimate of drug-likeness (QED) is 0.870. The van der Waals surface area contributed by atoms with Gasteiger partial charge in [0.1, 0.15) is 0 Å². The van der Waals surface area contributed by atoms with Crippen molar-refractivity contribution < 1.29 is 0 Å². The Morgan fingerprint density at radius 3 is 3.12 bits per heavy atom. The van der Waals surface area contributed by atoms with E-state index in [0.717, 1.165) is 31.2 Å². The van der Waals surface area contributed by atoms with E-state index in [1.54, 1.807) is 6.20 Å². The number of halogens is 1. The van der Waals surface area contributed by atoms with Crippen LogP contribution in [0, 0.1) is 0 Å². The lowest BCUT2D eigenvalue weighted by Gasteiger charge is -2.27. The smallest absolute Gasteiger partial charge is 0.0634 e. The number of aromatic nitrogens is 1. The molecular weight excluding hydrogens is 222 g/mol. The topological polar surface area (TPSA) is 28.2 Å². The van der Waals surface area contributed by atoms with Crippen molar-refractivity contribution in [3.05, 3.63) is 29.0 Å². The molecule has 2 heterocycles. The molecule has 0 amide bonds. The zero-order chi connectivity index (χ0) is 11.4. The molecule has 2 rings (SSSR count). The van der Waals surface area contributed by atoms with Gasteiger partial charge < -0.3 is 5.32 Å². The van der Waals surface area contributed by atoms with Crippen molar-refractivity contribution >= 4 is 11.6 Å². The molecule has 4 heteroatoms. The van der Waals surface area contributed by atoms with Gasteiger partial charge in [0, 0.05) is 31.5 Å². The Morgan fingerprint density at radius 1 is 1.62 bits per heavy atom. The van der Waals surface area contributed by atoms with Gasteiger partial charge in [0.25, 0.3) is 0 Å². The summed E-state index contributed by atoms with van der Waals surface area (Å²) in [4.78, 5) is 6.49. The molecule has 1 aromatic rings. The molecule has 0 spiro atoms. The first-order chi connectivity index (χ1) is 7.81. The molecule has 1 fully saturated rings. The van der Waals surface area contributed by atoms with E-state index in [-0.39, 0.29) is 0 Å². The van der Waals surface area contributed by atoms with Gasteiger partial charge in [0.2, 0.25) is 0 Å². The molecule has 0 radical (unpaired) electrons. The van der Waals surface area contributed by atoms with Crippen molar-refractivity contribution in [1.82, 2.24) is 15.2 Å². The lowest BCUT2D eigenvalue weighted by Crippen LogP contribution is -2.36. The standard InChI is InChI=1S/C12H18ClN3/c1-2-16(11-4-6-14-7-11)9-10-3-5-15-8-12(10)13/h3,5,8,11,14H,2,4,6-7,9H2,1H3. The van der Waals surface area contributed by atoms with Crippen molar-refractivity contribution in [3.8, 4) is 0 Å². The largest absolute Gasteiger partial charge is 0.315 e. The number of nitrogens with zero attached hydrogens (tertiary/aromatic N) is 2. The third-order valence-corrected chi connectivity index (χ3v) is 3.53. The minimum atomic E-state index is 0.647. The summed E-state index contributed by atoms with van der Waals surface area (Å²) in [6, 6.07) is 2.65. The number of hydrogen-bond acceptors (Lipinski definition) is 3. The number of pyridine rings is 1.